The van der Waals surface area contributed by atoms with E-state index >= 15 is 0 Å². The van der Waals surface area contributed by atoms with Gasteiger partial charge in [-0.1, -0.05) is 26.0 Å². The number of halogens is 2. The molecule has 0 radical (unpaired) electrons. The van der Waals surface area contributed by atoms with Crippen LogP contribution in [0.4, 0.5) is 0 Å². The number of aromatic nitrogens is 2. The van der Waals surface area contributed by atoms with Gasteiger partial charge in [0.15, 0.2) is 0 Å². The smallest absolute Gasteiger partial charge is 0.251 e. The molecule has 8 heteroatoms. The van der Waals surface area contributed by atoms with Crippen molar-refractivity contribution >= 4 is 36.4 Å². The van der Waals surface area contributed by atoms with Crippen molar-refractivity contribution < 1.29 is 9.53 Å². The molecule has 164 valence electrons. The van der Waals surface area contributed by atoms with Gasteiger partial charge in [0.05, 0.1) is 11.2 Å². The van der Waals surface area contributed by atoms with Crippen LogP contribution in [0.25, 0.3) is 5.65 Å². The van der Waals surface area contributed by atoms with Gasteiger partial charge in [0.2, 0.25) is 0 Å². The number of nitrogens with two attached hydrogens (primary N) is 1. The summed E-state index contributed by atoms with van der Waals surface area (Å²) in [6, 6.07) is 11.2. The predicted octanol–water partition coefficient (Wildman–Crippen LogP) is 4.17. The van der Waals surface area contributed by atoms with Crippen molar-refractivity contribution in [1.82, 2.24) is 14.7 Å². The molecule has 3 aromatic rings. The van der Waals surface area contributed by atoms with Crippen LogP contribution in [0.15, 0.2) is 48.8 Å². The minimum Gasteiger partial charge on any atom is -0.487 e. The molecule has 1 aromatic carbocycles. The van der Waals surface area contributed by atoms with E-state index in [1.54, 1.807) is 12.1 Å². The molecule has 0 bridgehead atoms. The van der Waals surface area contributed by atoms with E-state index in [9.17, 15) is 4.79 Å². The van der Waals surface area contributed by atoms with Gasteiger partial charge < -0.3 is 20.2 Å². The van der Waals surface area contributed by atoms with Crippen molar-refractivity contribution in [3.8, 4) is 5.75 Å². The van der Waals surface area contributed by atoms with E-state index in [2.05, 4.69) is 10.3 Å². The number of amides is 1. The third-order valence-corrected chi connectivity index (χ3v) is 5.23. The van der Waals surface area contributed by atoms with Gasteiger partial charge in [-0.3, -0.25) is 4.79 Å². The predicted molar refractivity (Wildman–Crippen MR) is 125 cm³/mol. The number of fused-ring (bicyclic) bond motifs is 1. The van der Waals surface area contributed by atoms with E-state index in [-0.39, 0.29) is 36.6 Å². The third kappa shape index (κ3) is 5.88. The summed E-state index contributed by atoms with van der Waals surface area (Å²) in [5.74, 6) is 0.690. The lowest BCUT2D eigenvalue weighted by Gasteiger charge is -2.33. The number of carbonyl (C=O) groups excluding carboxylic acids is 1. The number of nitrogens with one attached hydrogen (secondary N) is 1. The lowest BCUT2D eigenvalue weighted by atomic mass is 9.88. The van der Waals surface area contributed by atoms with Gasteiger partial charge in [-0.2, -0.15) is 0 Å². The molecule has 3 rings (SSSR count). The molecule has 1 unspecified atom stereocenters. The van der Waals surface area contributed by atoms with Crippen LogP contribution in [0.2, 0.25) is 0 Å². The largest absolute Gasteiger partial charge is 0.487 e. The van der Waals surface area contributed by atoms with Crippen molar-refractivity contribution in [2.24, 2.45) is 11.7 Å². The fraction of sp³-hybridized carbons (Fsp3) is 0.364. The Morgan fingerprint density at radius 3 is 2.63 bits per heavy atom. The fourth-order valence-corrected chi connectivity index (χ4v) is 2.87. The Labute approximate surface area is 190 Å². The topological polar surface area (TPSA) is 81.6 Å². The first-order chi connectivity index (χ1) is 13.3. The highest BCUT2D eigenvalue weighted by atomic mass is 35.5. The monoisotopic (exact) mass is 452 g/mol. The highest BCUT2D eigenvalue weighted by Gasteiger charge is 2.28. The number of ether oxygens (including phenoxy) is 1. The van der Waals surface area contributed by atoms with E-state index in [0.717, 1.165) is 11.3 Å². The molecular weight excluding hydrogens is 423 g/mol. The molecule has 0 aliphatic heterocycles. The van der Waals surface area contributed by atoms with Gasteiger partial charge in [-0.15, -0.1) is 24.8 Å². The van der Waals surface area contributed by atoms with Crippen LogP contribution in [-0.2, 0) is 6.61 Å². The Morgan fingerprint density at radius 1 is 1.23 bits per heavy atom. The quantitative estimate of drug-likeness (QED) is 0.563. The number of rotatable bonds is 7. The molecule has 0 saturated carbocycles. The first kappa shape index (κ1) is 25.8. The lowest BCUT2D eigenvalue weighted by molar-refractivity contribution is 0.0882. The fourth-order valence-electron chi connectivity index (χ4n) is 2.87. The number of hydrogen-bond donors (Lipinski definition) is 2. The summed E-state index contributed by atoms with van der Waals surface area (Å²) in [6.45, 7) is 8.80. The zero-order valence-electron chi connectivity index (χ0n) is 17.7. The van der Waals surface area contributed by atoms with E-state index < -0.39 is 5.54 Å². The maximum Gasteiger partial charge on any atom is 0.251 e. The second-order valence-electron chi connectivity index (χ2n) is 7.75. The number of pyridine rings is 1. The van der Waals surface area contributed by atoms with Crippen LogP contribution >= 0.6 is 24.8 Å². The summed E-state index contributed by atoms with van der Waals surface area (Å²) in [7, 11) is 0. The molecule has 30 heavy (non-hydrogen) atoms. The molecular formula is C22H30Cl2N4O2. The Kier molecular flexibility index (Phi) is 9.15. The summed E-state index contributed by atoms with van der Waals surface area (Å²) in [4.78, 5) is 17.2. The highest BCUT2D eigenvalue weighted by molar-refractivity contribution is 5.95. The van der Waals surface area contributed by atoms with Crippen molar-refractivity contribution in [3.05, 3.63) is 65.6 Å². The molecule has 0 aliphatic carbocycles. The minimum absolute atomic E-state index is 0. The SMILES string of the molecule is Cc1ccc2nc(COc3cccc(C(=O)NC(C)(CN)C(C)C)c3)cn2c1.Cl.Cl. The summed E-state index contributed by atoms with van der Waals surface area (Å²) in [5, 5.41) is 3.05. The first-order valence-corrected chi connectivity index (χ1v) is 9.50. The number of nitrogens with zero attached hydrogens (tertiary/aromatic N) is 2. The maximum atomic E-state index is 12.7. The first-order valence-electron chi connectivity index (χ1n) is 9.50. The van der Waals surface area contributed by atoms with Crippen LogP contribution in [0.3, 0.4) is 0 Å². The molecule has 2 aromatic heterocycles. The van der Waals surface area contributed by atoms with Crippen LogP contribution in [0.5, 0.6) is 5.75 Å². The van der Waals surface area contributed by atoms with Crippen LogP contribution in [-0.4, -0.2) is 27.4 Å². The number of aryl methyl sites for hydroxylation is 1. The second kappa shape index (κ2) is 10.7. The summed E-state index contributed by atoms with van der Waals surface area (Å²) in [5.41, 5.74) is 8.84. The molecule has 3 N–H and O–H groups in total. The van der Waals surface area contributed by atoms with Gasteiger partial charge in [0.1, 0.15) is 18.0 Å². The molecule has 2 heterocycles. The van der Waals surface area contributed by atoms with Crippen LogP contribution in [0.1, 0.15) is 42.4 Å². The zero-order chi connectivity index (χ0) is 20.3. The summed E-state index contributed by atoms with van der Waals surface area (Å²) >= 11 is 0. The van der Waals surface area contributed by atoms with Gasteiger partial charge in [-0.25, -0.2) is 4.98 Å². The Morgan fingerprint density at radius 2 is 1.97 bits per heavy atom. The minimum atomic E-state index is -0.456. The Hall–Kier alpha value is -2.28. The number of imidazole rings is 1. The summed E-state index contributed by atoms with van der Waals surface area (Å²) in [6.07, 6.45) is 3.98. The van der Waals surface area contributed by atoms with Gasteiger partial charge in [0.25, 0.3) is 5.91 Å². The maximum absolute atomic E-state index is 12.7. The average Bonchev–Trinajstić information content (AvgIpc) is 3.08. The van der Waals surface area contributed by atoms with Crippen molar-refractivity contribution in [3.63, 3.8) is 0 Å². The summed E-state index contributed by atoms with van der Waals surface area (Å²) < 4.78 is 7.85. The third-order valence-electron chi connectivity index (χ3n) is 5.23. The second-order valence-corrected chi connectivity index (χ2v) is 7.75. The van der Waals surface area contributed by atoms with E-state index in [4.69, 9.17) is 10.5 Å². The molecule has 1 amide bonds. The Balaban J connectivity index is 0.00000225. The zero-order valence-corrected chi connectivity index (χ0v) is 19.3. The van der Waals surface area contributed by atoms with Crippen LogP contribution in [0, 0.1) is 12.8 Å². The number of hydrogen-bond acceptors (Lipinski definition) is 4. The van der Waals surface area contributed by atoms with Gasteiger partial charge in [-0.05, 0) is 49.6 Å². The number of benzene rings is 1. The average molecular weight is 453 g/mol. The molecule has 6 nitrogen and oxygen atoms in total. The van der Waals surface area contributed by atoms with Gasteiger partial charge in [0, 0.05) is 24.5 Å². The van der Waals surface area contributed by atoms with E-state index in [1.165, 1.54) is 5.56 Å². The molecule has 0 fully saturated rings. The van der Waals surface area contributed by atoms with Crippen LogP contribution < -0.4 is 15.8 Å². The standard InChI is InChI=1S/C22H28N4O2.2ClH/c1-15(2)22(4,14-23)25-21(27)17-6-5-7-19(10-17)28-13-18-12-26-11-16(3)8-9-20(26)24-18;;/h5-12,15H,13-14,23H2,1-4H3,(H,25,27);2*1H. The van der Waals surface area contributed by atoms with E-state index in [0.29, 0.717) is 24.5 Å². The normalized spacial score (nSPS) is 12.6. The molecule has 0 aliphatic rings. The van der Waals surface area contributed by atoms with Gasteiger partial charge >= 0.3 is 0 Å². The number of carbonyl (C=O) groups is 1. The Bertz CT molecular complexity index is 990. The molecule has 1 atom stereocenters. The van der Waals surface area contributed by atoms with Crippen molar-refractivity contribution in [2.75, 3.05) is 6.54 Å². The molecule has 0 spiro atoms. The van der Waals surface area contributed by atoms with E-state index in [1.807, 2.05) is 68.8 Å². The lowest BCUT2D eigenvalue weighted by Crippen LogP contribution is -2.55. The molecule has 0 saturated heterocycles. The van der Waals surface area contributed by atoms with Crippen molar-refractivity contribution in [2.45, 2.75) is 39.8 Å². The highest BCUT2D eigenvalue weighted by Crippen LogP contribution is 2.19. The van der Waals surface area contributed by atoms with Crippen molar-refractivity contribution in [1.29, 1.82) is 0 Å².